The predicted octanol–water partition coefficient (Wildman–Crippen LogP) is 2.24. The molecule has 0 radical (unpaired) electrons. The Morgan fingerprint density at radius 2 is 2.00 bits per heavy atom. The fourth-order valence-electron chi connectivity index (χ4n) is 2.29. The summed E-state index contributed by atoms with van der Waals surface area (Å²) in [6.07, 6.45) is 4.51. The van der Waals surface area contributed by atoms with Crippen LogP contribution in [0.15, 0.2) is 0 Å². The molecule has 2 N–H and O–H groups in total. The van der Waals surface area contributed by atoms with Crippen molar-refractivity contribution in [2.45, 2.75) is 58.4 Å². The molecule has 0 saturated heterocycles. The van der Waals surface area contributed by atoms with E-state index in [9.17, 15) is 4.79 Å². The zero-order chi connectivity index (χ0) is 13.1. The molecule has 5 nitrogen and oxygen atoms in total. The maximum absolute atomic E-state index is 12.0. The Kier molecular flexibility index (Phi) is 3.99. The summed E-state index contributed by atoms with van der Waals surface area (Å²) in [6.45, 7) is 6.30. The molecular formula is C13H22N4O. The lowest BCUT2D eigenvalue weighted by molar-refractivity contribution is 0.0912. The van der Waals surface area contributed by atoms with E-state index in [2.05, 4.69) is 27.4 Å². The molecule has 1 saturated carbocycles. The average molecular weight is 250 g/mol. The third-order valence-corrected chi connectivity index (χ3v) is 3.60. The predicted molar refractivity (Wildman–Crippen MR) is 69.4 cm³/mol. The lowest BCUT2D eigenvalue weighted by Gasteiger charge is -2.26. The van der Waals surface area contributed by atoms with Crippen LogP contribution in [-0.2, 0) is 0 Å². The average Bonchev–Trinajstić information content (AvgIpc) is 2.81. The Morgan fingerprint density at radius 3 is 2.56 bits per heavy atom. The molecule has 0 atom stereocenters. The maximum Gasteiger partial charge on any atom is 0.291 e. The number of hydrogen-bond acceptors (Lipinski definition) is 3. The molecule has 1 heterocycles. The zero-order valence-corrected chi connectivity index (χ0v) is 11.4. The number of aromatic amines is 1. The van der Waals surface area contributed by atoms with Crippen molar-refractivity contribution in [2.24, 2.45) is 5.92 Å². The maximum atomic E-state index is 12.0. The minimum atomic E-state index is -0.155. The highest BCUT2D eigenvalue weighted by atomic mass is 16.2. The van der Waals surface area contributed by atoms with Crippen molar-refractivity contribution >= 4 is 5.91 Å². The summed E-state index contributed by atoms with van der Waals surface area (Å²) in [7, 11) is 0. The number of amides is 1. The van der Waals surface area contributed by atoms with Gasteiger partial charge in [0.1, 0.15) is 5.82 Å². The van der Waals surface area contributed by atoms with E-state index in [0.29, 0.717) is 0 Å². The molecule has 1 aromatic rings. The molecule has 1 fully saturated rings. The van der Waals surface area contributed by atoms with Crippen molar-refractivity contribution in [3.8, 4) is 0 Å². The summed E-state index contributed by atoms with van der Waals surface area (Å²) in [5.74, 6) is 1.91. The van der Waals surface area contributed by atoms with Crippen LogP contribution in [0, 0.1) is 5.92 Å². The first-order valence-corrected chi connectivity index (χ1v) is 6.79. The Hall–Kier alpha value is -1.39. The lowest BCUT2D eigenvalue weighted by atomic mass is 9.87. The summed E-state index contributed by atoms with van der Waals surface area (Å²) in [5.41, 5.74) is 0. The molecule has 0 spiro atoms. The van der Waals surface area contributed by atoms with Crippen molar-refractivity contribution in [3.63, 3.8) is 0 Å². The Labute approximate surface area is 108 Å². The summed E-state index contributed by atoms with van der Waals surface area (Å²) in [4.78, 5) is 16.2. The SMILES string of the molecule is CC1CCC(NC(=O)c2n[nH]c(C(C)C)n2)CC1. The lowest BCUT2D eigenvalue weighted by Crippen LogP contribution is -2.37. The van der Waals surface area contributed by atoms with Crippen LogP contribution in [0.5, 0.6) is 0 Å². The van der Waals surface area contributed by atoms with Crippen molar-refractivity contribution in [1.29, 1.82) is 0 Å². The van der Waals surface area contributed by atoms with E-state index in [1.54, 1.807) is 0 Å². The van der Waals surface area contributed by atoms with Crippen LogP contribution in [0.25, 0.3) is 0 Å². The fraction of sp³-hybridized carbons (Fsp3) is 0.769. The third kappa shape index (κ3) is 3.09. The summed E-state index contributed by atoms with van der Waals surface area (Å²) in [6, 6.07) is 0.287. The topological polar surface area (TPSA) is 70.7 Å². The Morgan fingerprint density at radius 1 is 1.33 bits per heavy atom. The minimum absolute atomic E-state index is 0.155. The highest BCUT2D eigenvalue weighted by Crippen LogP contribution is 2.23. The zero-order valence-electron chi connectivity index (χ0n) is 11.4. The van der Waals surface area contributed by atoms with Crippen LogP contribution in [0.2, 0.25) is 0 Å². The molecule has 1 aliphatic rings. The second kappa shape index (κ2) is 5.50. The van der Waals surface area contributed by atoms with E-state index in [1.165, 1.54) is 12.8 Å². The van der Waals surface area contributed by atoms with Crippen molar-refractivity contribution in [1.82, 2.24) is 20.5 Å². The van der Waals surface area contributed by atoms with Crippen LogP contribution in [0.1, 0.15) is 68.8 Å². The minimum Gasteiger partial charge on any atom is -0.347 e. The molecule has 2 rings (SSSR count). The van der Waals surface area contributed by atoms with Gasteiger partial charge in [0.25, 0.3) is 5.91 Å². The second-order valence-corrected chi connectivity index (χ2v) is 5.63. The molecule has 18 heavy (non-hydrogen) atoms. The number of nitrogens with one attached hydrogen (secondary N) is 2. The van der Waals surface area contributed by atoms with Gasteiger partial charge in [0, 0.05) is 12.0 Å². The number of carbonyl (C=O) groups is 1. The summed E-state index contributed by atoms with van der Waals surface area (Å²) < 4.78 is 0. The van der Waals surface area contributed by atoms with E-state index in [4.69, 9.17) is 0 Å². The molecule has 5 heteroatoms. The van der Waals surface area contributed by atoms with Crippen molar-refractivity contribution < 1.29 is 4.79 Å². The first kappa shape index (κ1) is 13.1. The number of carbonyl (C=O) groups excluding carboxylic acids is 1. The van der Waals surface area contributed by atoms with Gasteiger partial charge >= 0.3 is 0 Å². The van der Waals surface area contributed by atoms with Gasteiger partial charge in [0.2, 0.25) is 5.82 Å². The van der Waals surface area contributed by atoms with Crippen LogP contribution >= 0.6 is 0 Å². The van der Waals surface area contributed by atoms with E-state index in [-0.39, 0.29) is 23.7 Å². The highest BCUT2D eigenvalue weighted by molar-refractivity contribution is 5.90. The standard InChI is InChI=1S/C13H22N4O/c1-8(2)11-15-12(17-16-11)13(18)14-10-6-4-9(3)5-7-10/h8-10H,4-7H2,1-3H3,(H,14,18)(H,15,16,17). The van der Waals surface area contributed by atoms with Gasteiger partial charge in [0.05, 0.1) is 0 Å². The van der Waals surface area contributed by atoms with Crippen LogP contribution < -0.4 is 5.32 Å². The van der Waals surface area contributed by atoms with Gasteiger partial charge in [-0.25, -0.2) is 4.98 Å². The quantitative estimate of drug-likeness (QED) is 0.864. The van der Waals surface area contributed by atoms with Crippen molar-refractivity contribution in [2.75, 3.05) is 0 Å². The molecular weight excluding hydrogens is 228 g/mol. The third-order valence-electron chi connectivity index (χ3n) is 3.60. The number of hydrogen-bond donors (Lipinski definition) is 2. The monoisotopic (exact) mass is 250 g/mol. The molecule has 0 aliphatic heterocycles. The van der Waals surface area contributed by atoms with Gasteiger partial charge in [-0.3, -0.25) is 9.89 Å². The number of aromatic nitrogens is 3. The van der Waals surface area contributed by atoms with Crippen LogP contribution in [0.4, 0.5) is 0 Å². The summed E-state index contributed by atoms with van der Waals surface area (Å²) >= 11 is 0. The molecule has 0 aromatic carbocycles. The summed E-state index contributed by atoms with van der Waals surface area (Å²) in [5, 5.41) is 9.80. The first-order valence-electron chi connectivity index (χ1n) is 6.79. The second-order valence-electron chi connectivity index (χ2n) is 5.63. The van der Waals surface area contributed by atoms with E-state index < -0.39 is 0 Å². The Bertz CT molecular complexity index is 405. The number of nitrogens with zero attached hydrogens (tertiary/aromatic N) is 2. The number of H-pyrrole nitrogens is 1. The van der Waals surface area contributed by atoms with Gasteiger partial charge in [-0.05, 0) is 31.6 Å². The molecule has 0 bridgehead atoms. The van der Waals surface area contributed by atoms with E-state index >= 15 is 0 Å². The highest BCUT2D eigenvalue weighted by Gasteiger charge is 2.22. The molecule has 0 unspecified atom stereocenters. The van der Waals surface area contributed by atoms with Gasteiger partial charge in [-0.1, -0.05) is 20.8 Å². The molecule has 1 aromatic heterocycles. The normalized spacial score (nSPS) is 24.2. The van der Waals surface area contributed by atoms with E-state index in [1.807, 2.05) is 13.8 Å². The van der Waals surface area contributed by atoms with Crippen LogP contribution in [-0.4, -0.2) is 27.1 Å². The fourth-order valence-corrected chi connectivity index (χ4v) is 2.29. The van der Waals surface area contributed by atoms with Gasteiger partial charge in [0.15, 0.2) is 0 Å². The largest absolute Gasteiger partial charge is 0.347 e. The molecule has 100 valence electrons. The van der Waals surface area contributed by atoms with Gasteiger partial charge in [-0.15, -0.1) is 5.10 Å². The van der Waals surface area contributed by atoms with E-state index in [0.717, 1.165) is 24.6 Å². The smallest absolute Gasteiger partial charge is 0.291 e. The van der Waals surface area contributed by atoms with Crippen molar-refractivity contribution in [3.05, 3.63) is 11.6 Å². The van der Waals surface area contributed by atoms with Gasteiger partial charge < -0.3 is 5.32 Å². The van der Waals surface area contributed by atoms with Crippen LogP contribution in [0.3, 0.4) is 0 Å². The first-order chi connectivity index (χ1) is 8.56. The molecule has 1 amide bonds. The Balaban J connectivity index is 1.91. The number of rotatable bonds is 3. The van der Waals surface area contributed by atoms with Gasteiger partial charge in [-0.2, -0.15) is 0 Å². The molecule has 1 aliphatic carbocycles.